The molecule has 2 aromatic carbocycles. The van der Waals surface area contributed by atoms with Gasteiger partial charge in [-0.1, -0.05) is 29.8 Å². The summed E-state index contributed by atoms with van der Waals surface area (Å²) < 4.78 is 28.1. The number of carbonyl (C=O) groups is 2. The van der Waals surface area contributed by atoms with Crippen molar-refractivity contribution >= 4 is 39.1 Å². The van der Waals surface area contributed by atoms with Gasteiger partial charge in [0.05, 0.1) is 4.90 Å². The lowest BCUT2D eigenvalue weighted by atomic mass is 10.1. The molecule has 0 spiro atoms. The van der Waals surface area contributed by atoms with Crippen LogP contribution >= 0.6 is 11.6 Å². The summed E-state index contributed by atoms with van der Waals surface area (Å²) in [4.78, 5) is 26.7. The van der Waals surface area contributed by atoms with Gasteiger partial charge in [0, 0.05) is 36.8 Å². The summed E-state index contributed by atoms with van der Waals surface area (Å²) >= 11 is 6.15. The predicted octanol–water partition coefficient (Wildman–Crippen LogP) is 3.11. The van der Waals surface area contributed by atoms with Gasteiger partial charge in [0.2, 0.25) is 21.8 Å². The third-order valence-corrected chi connectivity index (χ3v) is 8.40. The first-order valence-electron chi connectivity index (χ1n) is 10.7. The minimum atomic E-state index is -3.86. The van der Waals surface area contributed by atoms with E-state index in [1.807, 2.05) is 25.1 Å². The van der Waals surface area contributed by atoms with E-state index in [2.05, 4.69) is 5.32 Å². The molecule has 4 rings (SSSR count). The van der Waals surface area contributed by atoms with Crippen LogP contribution in [0.2, 0.25) is 5.02 Å². The molecule has 0 saturated carbocycles. The van der Waals surface area contributed by atoms with Gasteiger partial charge in [-0.3, -0.25) is 9.59 Å². The lowest BCUT2D eigenvalue weighted by molar-refractivity contribution is -0.124. The molecule has 1 fully saturated rings. The van der Waals surface area contributed by atoms with Crippen LogP contribution in [0.5, 0.6) is 0 Å². The lowest BCUT2D eigenvalue weighted by Crippen LogP contribution is -2.45. The third kappa shape index (κ3) is 4.14. The lowest BCUT2D eigenvalue weighted by Gasteiger charge is -2.24. The molecular formula is C23H26ClN3O4S. The van der Waals surface area contributed by atoms with Crippen molar-refractivity contribution in [3.05, 3.63) is 58.6 Å². The molecule has 0 bridgehead atoms. The van der Waals surface area contributed by atoms with Gasteiger partial charge in [0.1, 0.15) is 6.04 Å². The van der Waals surface area contributed by atoms with Crippen molar-refractivity contribution in [2.75, 3.05) is 11.4 Å². The Kier molecular flexibility index (Phi) is 6.29. The number of carbonyl (C=O) groups excluding carboxylic acids is 2. The van der Waals surface area contributed by atoms with Crippen LogP contribution in [0.1, 0.15) is 37.8 Å². The van der Waals surface area contributed by atoms with Gasteiger partial charge in [-0.15, -0.1) is 0 Å². The highest BCUT2D eigenvalue weighted by atomic mass is 35.5. The number of halogens is 1. The van der Waals surface area contributed by atoms with E-state index in [0.29, 0.717) is 30.8 Å². The fourth-order valence-electron chi connectivity index (χ4n) is 4.61. The second-order valence-corrected chi connectivity index (χ2v) is 10.6. The minimum Gasteiger partial charge on any atom is -0.351 e. The Morgan fingerprint density at radius 2 is 1.94 bits per heavy atom. The summed E-state index contributed by atoms with van der Waals surface area (Å²) in [5.74, 6) is -0.398. The highest BCUT2D eigenvalue weighted by Gasteiger charge is 2.40. The van der Waals surface area contributed by atoms with Crippen molar-refractivity contribution in [3.63, 3.8) is 0 Å². The number of nitrogens with zero attached hydrogens (tertiary/aromatic N) is 2. The molecule has 0 radical (unpaired) electrons. The van der Waals surface area contributed by atoms with Crippen molar-refractivity contribution < 1.29 is 18.0 Å². The summed E-state index contributed by atoms with van der Waals surface area (Å²) in [6.07, 6.45) is 1.68. The SMILES string of the molecule is CC(=O)N1c2ccc(S(=O)(=O)N3CCC[C@@H]3C(=O)NCc3ccccc3Cl)cc2C[C@H]1C. The zero-order chi connectivity index (χ0) is 23.0. The van der Waals surface area contributed by atoms with E-state index in [1.165, 1.54) is 17.3 Å². The van der Waals surface area contributed by atoms with E-state index < -0.39 is 16.1 Å². The van der Waals surface area contributed by atoms with Gasteiger partial charge in [0.25, 0.3) is 0 Å². The van der Waals surface area contributed by atoms with E-state index in [1.54, 1.807) is 23.1 Å². The first-order chi connectivity index (χ1) is 15.2. The van der Waals surface area contributed by atoms with Gasteiger partial charge < -0.3 is 10.2 Å². The average Bonchev–Trinajstić information content (AvgIpc) is 3.36. The molecule has 0 aromatic heterocycles. The summed E-state index contributed by atoms with van der Waals surface area (Å²) in [6.45, 7) is 3.97. The second-order valence-electron chi connectivity index (χ2n) is 8.32. The van der Waals surface area contributed by atoms with E-state index in [-0.39, 0.29) is 29.3 Å². The smallest absolute Gasteiger partial charge is 0.243 e. The number of sulfonamides is 1. The number of anilines is 1. The Balaban J connectivity index is 1.53. The van der Waals surface area contributed by atoms with E-state index >= 15 is 0 Å². The van der Waals surface area contributed by atoms with Crippen LogP contribution in [-0.4, -0.2) is 43.2 Å². The molecule has 0 unspecified atom stereocenters. The molecule has 1 N–H and O–H groups in total. The number of fused-ring (bicyclic) bond motifs is 1. The number of nitrogens with one attached hydrogen (secondary N) is 1. The molecule has 2 heterocycles. The summed E-state index contributed by atoms with van der Waals surface area (Å²) in [6, 6.07) is 11.3. The Hall–Kier alpha value is -2.42. The van der Waals surface area contributed by atoms with Crippen LogP contribution in [0.25, 0.3) is 0 Å². The van der Waals surface area contributed by atoms with Crippen molar-refractivity contribution in [2.24, 2.45) is 0 Å². The Morgan fingerprint density at radius 3 is 2.66 bits per heavy atom. The minimum absolute atomic E-state index is 0.0180. The summed E-state index contributed by atoms with van der Waals surface area (Å²) in [7, 11) is -3.86. The topological polar surface area (TPSA) is 86.8 Å². The van der Waals surface area contributed by atoms with Crippen molar-refractivity contribution in [3.8, 4) is 0 Å². The molecule has 170 valence electrons. The van der Waals surface area contributed by atoms with Gasteiger partial charge in [-0.05, 0) is 61.6 Å². The number of benzene rings is 2. The first kappa shape index (κ1) is 22.8. The Morgan fingerprint density at radius 1 is 1.19 bits per heavy atom. The molecule has 2 atom stereocenters. The van der Waals surface area contributed by atoms with Gasteiger partial charge >= 0.3 is 0 Å². The Bertz CT molecular complexity index is 1170. The van der Waals surface area contributed by atoms with Crippen LogP contribution in [0, 0.1) is 0 Å². The fraction of sp³-hybridized carbons (Fsp3) is 0.391. The van der Waals surface area contributed by atoms with E-state index in [9.17, 15) is 18.0 Å². The molecule has 2 aromatic rings. The third-order valence-electron chi connectivity index (χ3n) is 6.13. The van der Waals surface area contributed by atoms with Crippen molar-refractivity contribution in [1.82, 2.24) is 9.62 Å². The van der Waals surface area contributed by atoms with Gasteiger partial charge in [0.15, 0.2) is 0 Å². The largest absolute Gasteiger partial charge is 0.351 e. The predicted molar refractivity (Wildman–Crippen MR) is 123 cm³/mol. The van der Waals surface area contributed by atoms with Gasteiger partial charge in [-0.2, -0.15) is 4.31 Å². The summed E-state index contributed by atoms with van der Waals surface area (Å²) in [5, 5.41) is 3.38. The van der Waals surface area contributed by atoms with Crippen LogP contribution < -0.4 is 10.2 Å². The maximum absolute atomic E-state index is 13.4. The highest BCUT2D eigenvalue weighted by Crippen LogP contribution is 2.35. The van der Waals surface area contributed by atoms with Crippen LogP contribution in [-0.2, 0) is 32.6 Å². The summed E-state index contributed by atoms with van der Waals surface area (Å²) in [5.41, 5.74) is 2.35. The van der Waals surface area contributed by atoms with Crippen LogP contribution in [0.3, 0.4) is 0 Å². The normalized spacial score (nSPS) is 20.9. The Labute approximate surface area is 193 Å². The number of amides is 2. The monoisotopic (exact) mass is 475 g/mol. The second kappa shape index (κ2) is 8.84. The first-order valence-corrected chi connectivity index (χ1v) is 12.5. The molecule has 2 aliphatic heterocycles. The molecule has 0 aliphatic carbocycles. The fourth-order valence-corrected chi connectivity index (χ4v) is 6.53. The number of rotatable bonds is 5. The van der Waals surface area contributed by atoms with Crippen molar-refractivity contribution in [1.29, 1.82) is 0 Å². The van der Waals surface area contributed by atoms with E-state index in [0.717, 1.165) is 16.8 Å². The molecule has 7 nitrogen and oxygen atoms in total. The van der Waals surface area contributed by atoms with Crippen LogP contribution in [0.15, 0.2) is 47.4 Å². The maximum atomic E-state index is 13.4. The van der Waals surface area contributed by atoms with Gasteiger partial charge in [-0.25, -0.2) is 8.42 Å². The van der Waals surface area contributed by atoms with Crippen LogP contribution in [0.4, 0.5) is 5.69 Å². The molecule has 2 aliphatic rings. The molecule has 1 saturated heterocycles. The number of hydrogen-bond donors (Lipinski definition) is 1. The molecule has 32 heavy (non-hydrogen) atoms. The molecule has 9 heteroatoms. The van der Waals surface area contributed by atoms with Crippen molar-refractivity contribution in [2.45, 2.75) is 56.6 Å². The zero-order valence-electron chi connectivity index (χ0n) is 18.0. The highest BCUT2D eigenvalue weighted by molar-refractivity contribution is 7.89. The average molecular weight is 476 g/mol. The van der Waals surface area contributed by atoms with E-state index in [4.69, 9.17) is 11.6 Å². The zero-order valence-corrected chi connectivity index (χ0v) is 19.6. The maximum Gasteiger partial charge on any atom is 0.243 e. The standard InChI is InChI=1S/C23H26ClN3O4S/c1-15-12-18-13-19(9-10-21(18)27(15)16(2)28)32(30,31)26-11-5-8-22(26)23(29)25-14-17-6-3-4-7-20(17)24/h3-4,6-7,9-10,13,15,22H,5,8,11-12,14H2,1-2H3,(H,25,29)/t15-,22-/m1/s1. The molecule has 2 amide bonds. The quantitative estimate of drug-likeness (QED) is 0.719. The molecular weight excluding hydrogens is 450 g/mol. The number of hydrogen-bond acceptors (Lipinski definition) is 4.